The summed E-state index contributed by atoms with van der Waals surface area (Å²) < 4.78 is 17.0. The molecule has 6 aromatic rings. The van der Waals surface area contributed by atoms with E-state index in [-0.39, 0.29) is 98.9 Å². The van der Waals surface area contributed by atoms with Crippen molar-refractivity contribution in [3.05, 3.63) is 246 Å². The number of ether oxygens (including phenoxy) is 3. The molecule has 0 bridgehead atoms. The van der Waals surface area contributed by atoms with Crippen LogP contribution in [0.4, 0.5) is 0 Å². The number of nitrogens with two attached hydrogens (primary N) is 1. The second-order valence-electron chi connectivity index (χ2n) is 23.2. The predicted molar refractivity (Wildman–Crippen MR) is 364 cm³/mol. The van der Waals surface area contributed by atoms with Gasteiger partial charge >= 0.3 is 17.9 Å². The highest BCUT2D eigenvalue weighted by Gasteiger charge is 2.40. The molecule has 1 saturated heterocycles. The molecule has 4 aliphatic rings. The molecule has 3 amide bonds. The van der Waals surface area contributed by atoms with Gasteiger partial charge in [-0.3, -0.25) is 14.4 Å². The van der Waals surface area contributed by atoms with Gasteiger partial charge < -0.3 is 44.4 Å². The van der Waals surface area contributed by atoms with Crippen LogP contribution in [0.5, 0.6) is 0 Å². The summed E-state index contributed by atoms with van der Waals surface area (Å²) in [5.74, 6) is -2.22. The number of carbonyl (C=O) groups is 6. The summed E-state index contributed by atoms with van der Waals surface area (Å²) in [6.07, 6.45) is 3.91. The molecule has 3 unspecified atom stereocenters. The molecule has 4 aliphatic heterocycles. The van der Waals surface area contributed by atoms with Crippen LogP contribution in [0.25, 0.3) is 0 Å². The number of rotatable bonds is 21. The first-order chi connectivity index (χ1) is 43.9. The van der Waals surface area contributed by atoms with E-state index in [0.717, 1.165) is 66.0 Å². The molecule has 15 nitrogen and oxygen atoms in total. The Kier molecular flexibility index (Phi) is 27.7. The largest absolute Gasteiger partial charge is 0.457 e. The van der Waals surface area contributed by atoms with Gasteiger partial charge in [0.15, 0.2) is 0 Å². The lowest BCUT2D eigenvalue weighted by Gasteiger charge is -2.35. The summed E-state index contributed by atoms with van der Waals surface area (Å²) in [6.45, 7) is 11.7. The molecule has 6 aromatic carbocycles. The minimum absolute atomic E-state index is 0. The Morgan fingerprint density at radius 1 is 0.457 bits per heavy atom. The number of hydrogen-bond donors (Lipinski definition) is 1. The molecule has 486 valence electrons. The lowest BCUT2D eigenvalue weighted by molar-refractivity contribution is -0.143. The first kappa shape index (κ1) is 71.8. The Bertz CT molecular complexity index is 3550. The van der Waals surface area contributed by atoms with Crippen LogP contribution < -0.4 is 5.73 Å². The Morgan fingerprint density at radius 2 is 0.761 bits per heavy atom. The van der Waals surface area contributed by atoms with Crippen molar-refractivity contribution in [2.45, 2.75) is 96.9 Å². The summed E-state index contributed by atoms with van der Waals surface area (Å²) in [5.41, 5.74) is 14.6. The molecule has 10 rings (SSSR count). The van der Waals surface area contributed by atoms with Crippen molar-refractivity contribution >= 4 is 82.8 Å². The van der Waals surface area contributed by atoms with Crippen molar-refractivity contribution in [3.8, 4) is 0 Å². The number of amides is 3. The quantitative estimate of drug-likeness (QED) is 0.0535. The Balaban J connectivity index is 0.000000195. The lowest BCUT2D eigenvalue weighted by atomic mass is 9.83. The molecule has 1 fully saturated rings. The van der Waals surface area contributed by atoms with Crippen molar-refractivity contribution in [2.24, 2.45) is 5.73 Å². The number of carbonyl (C=O) groups excluding carboxylic acids is 6. The van der Waals surface area contributed by atoms with Crippen molar-refractivity contribution in [2.75, 3.05) is 66.5 Å². The first-order valence-corrected chi connectivity index (χ1v) is 32.0. The second kappa shape index (κ2) is 35.4. The van der Waals surface area contributed by atoms with Gasteiger partial charge in [0.1, 0.15) is 19.8 Å². The van der Waals surface area contributed by atoms with Crippen LogP contribution >= 0.6 is 47.2 Å². The average Bonchev–Trinajstić information content (AvgIpc) is 1.42. The number of hydrogen-bond acceptors (Lipinski definition) is 12. The zero-order valence-corrected chi connectivity index (χ0v) is 56.0. The molecule has 0 radical (unpaired) electrons. The molecule has 4 heterocycles. The van der Waals surface area contributed by atoms with Crippen molar-refractivity contribution in [1.82, 2.24) is 24.5 Å². The van der Waals surface area contributed by atoms with E-state index in [1.807, 2.05) is 155 Å². The monoisotopic (exact) mass is 1330 g/mol. The summed E-state index contributed by atoms with van der Waals surface area (Å²) >= 11 is 18.1. The number of allylic oxidation sites excluding steroid dienone is 3. The summed E-state index contributed by atoms with van der Waals surface area (Å²) in [4.78, 5) is 87.8. The highest BCUT2D eigenvalue weighted by Crippen LogP contribution is 2.41. The standard InChI is InChI=1S/C26H29ClN2O3.C25H29ClN2O3.C22H23ClN2O3.ClH/c1-19-25(26(31)32-18-20-7-3-2-4-8-20)23(21-9-11-22(27)12-10-21)17-24(30)29(19)16-15-28-13-5-6-14-28;1-18-24(25(30)31-17-19-8-5-4-6-9-19)22(20-10-12-21(26)13-11-20)16-23(29)28(18)15-7-14-27(2)3;1-15-21(22(27)28-14-16-5-3-2-4-6-16)19(13-20(26)25(15)12-11-24)17-7-9-18(23)10-8-17;/h2-4,7-12,23H,5-6,13-18H2,1H3;4-6,8-13,22H,7,14-17H2,1-3H3;2-10,19H,11-14,24H2,1H3;1H. The zero-order chi connectivity index (χ0) is 65.0. The first-order valence-electron chi connectivity index (χ1n) is 30.9. The second-order valence-corrected chi connectivity index (χ2v) is 24.5. The third kappa shape index (κ3) is 19.7. The fraction of sp³-hybridized carbons (Fsp3) is 0.342. The maximum atomic E-state index is 13.3. The van der Waals surface area contributed by atoms with Gasteiger partial charge in [-0.15, -0.1) is 12.4 Å². The van der Waals surface area contributed by atoms with E-state index in [4.69, 9.17) is 54.7 Å². The maximum absolute atomic E-state index is 13.3. The van der Waals surface area contributed by atoms with Gasteiger partial charge in [-0.25, -0.2) is 14.4 Å². The van der Waals surface area contributed by atoms with Gasteiger partial charge in [0.05, 0.1) is 16.7 Å². The number of nitrogens with zero attached hydrogens (tertiary/aromatic N) is 5. The third-order valence-electron chi connectivity index (χ3n) is 16.8. The van der Waals surface area contributed by atoms with Gasteiger partial charge in [-0.05, 0) is 144 Å². The molecular formula is C73H82Cl4N6O9. The number of halogens is 4. The Morgan fingerprint density at radius 3 is 1.07 bits per heavy atom. The molecule has 2 N–H and O–H groups in total. The van der Waals surface area contributed by atoms with E-state index in [9.17, 15) is 28.8 Å². The predicted octanol–water partition coefficient (Wildman–Crippen LogP) is 13.4. The minimum atomic E-state index is -0.421. The van der Waals surface area contributed by atoms with E-state index in [2.05, 4.69) is 9.80 Å². The molecule has 3 atom stereocenters. The van der Waals surface area contributed by atoms with Crippen LogP contribution in [0.2, 0.25) is 15.1 Å². The third-order valence-corrected chi connectivity index (χ3v) is 17.5. The van der Waals surface area contributed by atoms with Crippen LogP contribution in [0, 0.1) is 0 Å². The fourth-order valence-electron chi connectivity index (χ4n) is 11.9. The van der Waals surface area contributed by atoms with Crippen molar-refractivity contribution in [1.29, 1.82) is 0 Å². The van der Waals surface area contributed by atoms with Crippen molar-refractivity contribution in [3.63, 3.8) is 0 Å². The topological polar surface area (TPSA) is 172 Å². The normalized spacial score (nSPS) is 17.6. The van der Waals surface area contributed by atoms with Crippen LogP contribution in [0.15, 0.2) is 198 Å². The summed E-state index contributed by atoms with van der Waals surface area (Å²) in [7, 11) is 4.01. The number of likely N-dealkylation sites (tertiary alicyclic amines) is 1. The zero-order valence-electron chi connectivity index (χ0n) is 52.9. The highest BCUT2D eigenvalue weighted by atomic mass is 35.5. The van der Waals surface area contributed by atoms with E-state index < -0.39 is 5.97 Å². The maximum Gasteiger partial charge on any atom is 0.336 e. The molecule has 0 aromatic heterocycles. The van der Waals surface area contributed by atoms with Gasteiger partial charge in [0, 0.05) is 102 Å². The summed E-state index contributed by atoms with van der Waals surface area (Å²) in [5, 5.41) is 1.84. The van der Waals surface area contributed by atoms with Gasteiger partial charge in [-0.2, -0.15) is 0 Å². The lowest BCUT2D eigenvalue weighted by Crippen LogP contribution is -2.42. The molecule has 0 saturated carbocycles. The van der Waals surface area contributed by atoms with E-state index >= 15 is 0 Å². The number of esters is 3. The molecule has 19 heteroatoms. The van der Waals surface area contributed by atoms with Gasteiger partial charge in [-0.1, -0.05) is 162 Å². The Hall–Kier alpha value is -7.60. The van der Waals surface area contributed by atoms with Gasteiger partial charge in [0.25, 0.3) is 0 Å². The summed E-state index contributed by atoms with van der Waals surface area (Å²) in [6, 6.07) is 50.6. The SMILES string of the molecule is CC1=C(C(=O)OCc2ccccc2)C(c2ccc(Cl)cc2)CC(=O)N1CCCN(C)C.CC1=C(C(=O)OCc2ccccc2)C(c2ccc(Cl)cc2)CC(=O)N1CCN.CC1=C(C(=O)OCc2ccccc2)C(c2ccc(Cl)cc2)CC(=O)N1CCN1CCCC1.Cl. The van der Waals surface area contributed by atoms with E-state index in [0.29, 0.717) is 75.1 Å². The molecule has 0 spiro atoms. The van der Waals surface area contributed by atoms with Crippen molar-refractivity contribution < 1.29 is 43.0 Å². The van der Waals surface area contributed by atoms with Gasteiger partial charge in [0.2, 0.25) is 17.7 Å². The van der Waals surface area contributed by atoms with Crippen LogP contribution in [-0.2, 0) is 62.8 Å². The van der Waals surface area contributed by atoms with Crippen LogP contribution in [-0.4, -0.2) is 127 Å². The molecule has 0 aliphatic carbocycles. The fourth-order valence-corrected chi connectivity index (χ4v) is 12.3. The smallest absolute Gasteiger partial charge is 0.336 e. The van der Waals surface area contributed by atoms with Crippen LogP contribution in [0.1, 0.15) is 110 Å². The van der Waals surface area contributed by atoms with Crippen LogP contribution in [0.3, 0.4) is 0 Å². The molecular weight excluding hydrogens is 1250 g/mol. The van der Waals surface area contributed by atoms with E-state index in [1.165, 1.54) is 12.8 Å². The van der Waals surface area contributed by atoms with E-state index in [1.54, 1.807) is 58.0 Å². The minimum Gasteiger partial charge on any atom is -0.457 e. The average molecular weight is 1330 g/mol. The highest BCUT2D eigenvalue weighted by molar-refractivity contribution is 6.31. The Labute approximate surface area is 562 Å². The number of benzene rings is 6. The molecule has 92 heavy (non-hydrogen) atoms.